The number of fused-ring (bicyclic) bond motifs is 2. The molecule has 4 aromatic rings. The molecule has 3 atom stereocenters. The fraction of sp³-hybridized carbons (Fsp3) is 0.412. The van der Waals surface area contributed by atoms with Gasteiger partial charge in [0.15, 0.2) is 5.82 Å². The summed E-state index contributed by atoms with van der Waals surface area (Å²) in [5.74, 6) is -2.55. The van der Waals surface area contributed by atoms with Crippen molar-refractivity contribution in [3.05, 3.63) is 59.5 Å². The van der Waals surface area contributed by atoms with Crippen molar-refractivity contribution in [2.24, 2.45) is 0 Å². The number of anilines is 2. The molecular formula is C34H34F5N7O3S. The highest BCUT2D eigenvalue weighted by molar-refractivity contribution is 7.23. The van der Waals surface area contributed by atoms with Crippen molar-refractivity contribution >= 4 is 54.7 Å². The molecule has 2 aromatic heterocycles. The van der Waals surface area contributed by atoms with Crippen LogP contribution in [0.3, 0.4) is 0 Å². The molecule has 2 aliphatic rings. The number of hydrogen-bond acceptors (Lipinski definition) is 9. The second-order valence-electron chi connectivity index (χ2n) is 12.4. The summed E-state index contributed by atoms with van der Waals surface area (Å²) in [6.45, 7) is 12.6. The van der Waals surface area contributed by atoms with Gasteiger partial charge in [0.05, 0.1) is 40.5 Å². The van der Waals surface area contributed by atoms with Crippen molar-refractivity contribution in [3.8, 4) is 17.1 Å². The Morgan fingerprint density at radius 3 is 2.64 bits per heavy atom. The first-order valence-corrected chi connectivity index (χ1v) is 16.6. The number of benzene rings is 2. The number of ether oxygens (including phenoxy) is 2. The number of carbonyl (C=O) groups excluding carboxylic acids is 1. The van der Waals surface area contributed by atoms with Gasteiger partial charge in [-0.15, -0.1) is 11.3 Å². The van der Waals surface area contributed by atoms with Crippen LogP contribution in [-0.4, -0.2) is 91.3 Å². The van der Waals surface area contributed by atoms with Gasteiger partial charge in [0.1, 0.15) is 23.8 Å². The van der Waals surface area contributed by atoms with Crippen LogP contribution in [0.25, 0.3) is 37.0 Å². The number of nitrogen functional groups attached to an aromatic ring is 1. The fourth-order valence-corrected chi connectivity index (χ4v) is 8.01. The summed E-state index contributed by atoms with van der Waals surface area (Å²) in [6, 6.07) is 1.43. The molecule has 0 radical (unpaired) electrons. The van der Waals surface area contributed by atoms with Gasteiger partial charge in [-0.25, -0.2) is 13.6 Å². The monoisotopic (exact) mass is 715 g/mol. The van der Waals surface area contributed by atoms with Crippen molar-refractivity contribution in [1.29, 1.82) is 0 Å². The van der Waals surface area contributed by atoms with Gasteiger partial charge in [0.2, 0.25) is 11.6 Å². The number of halogens is 5. The van der Waals surface area contributed by atoms with E-state index in [2.05, 4.69) is 26.3 Å². The molecule has 16 heteroatoms. The molecule has 0 spiro atoms. The predicted octanol–water partition coefficient (Wildman–Crippen LogP) is 6.65. The van der Waals surface area contributed by atoms with Crippen molar-refractivity contribution < 1.29 is 36.2 Å². The number of likely N-dealkylation sites (N-methyl/N-ethyl adjacent to an activating group) is 2. The number of thiophene rings is 1. The van der Waals surface area contributed by atoms with Gasteiger partial charge in [-0.3, -0.25) is 4.79 Å². The third-order valence-electron chi connectivity index (χ3n) is 9.58. The Morgan fingerprint density at radius 1 is 1.24 bits per heavy atom. The van der Waals surface area contributed by atoms with E-state index in [4.69, 9.17) is 21.8 Å². The molecule has 50 heavy (non-hydrogen) atoms. The molecule has 0 aliphatic carbocycles. The molecule has 2 aromatic carbocycles. The fourth-order valence-electron chi connectivity index (χ4n) is 7.07. The van der Waals surface area contributed by atoms with Crippen LogP contribution in [0.4, 0.5) is 38.5 Å². The van der Waals surface area contributed by atoms with Crippen LogP contribution < -0.4 is 15.4 Å². The number of nitrogens with two attached hydrogens (primary N) is 1. The maximum Gasteiger partial charge on any atom is 0.417 e. The second-order valence-corrected chi connectivity index (χ2v) is 13.4. The molecule has 2 N–H and O–H groups in total. The minimum Gasteiger partial charge on any atom is -0.462 e. The van der Waals surface area contributed by atoms with Gasteiger partial charge in [-0.1, -0.05) is 12.6 Å². The smallest absolute Gasteiger partial charge is 0.417 e. The first kappa shape index (κ1) is 35.2. The van der Waals surface area contributed by atoms with E-state index in [0.29, 0.717) is 24.3 Å². The van der Waals surface area contributed by atoms with Gasteiger partial charge >= 0.3 is 12.2 Å². The van der Waals surface area contributed by atoms with Crippen LogP contribution in [0.2, 0.25) is 0 Å². The molecule has 6 rings (SSSR count). The van der Waals surface area contributed by atoms with Crippen molar-refractivity contribution in [1.82, 2.24) is 19.8 Å². The Morgan fingerprint density at radius 2 is 2.00 bits per heavy atom. The zero-order chi connectivity index (χ0) is 36.1. The largest absolute Gasteiger partial charge is 0.462 e. The summed E-state index contributed by atoms with van der Waals surface area (Å²) in [5.41, 5.74) is 2.58. The van der Waals surface area contributed by atoms with Gasteiger partial charge in [-0.05, 0) is 56.6 Å². The van der Waals surface area contributed by atoms with E-state index in [1.54, 1.807) is 16.8 Å². The summed E-state index contributed by atoms with van der Waals surface area (Å²) in [7, 11) is 5.01. The number of aromatic nitrogens is 2. The summed E-state index contributed by atoms with van der Waals surface area (Å²) in [6.07, 6.45) is -1.74. The quantitative estimate of drug-likeness (QED) is 0.117. The first-order chi connectivity index (χ1) is 23.8. The third kappa shape index (κ3) is 6.07. The molecule has 2 aliphatic heterocycles. The lowest BCUT2D eigenvalue weighted by atomic mass is 9.93. The van der Waals surface area contributed by atoms with Gasteiger partial charge in [-0.2, -0.15) is 23.1 Å². The first-order valence-electron chi connectivity index (χ1n) is 15.8. The lowest BCUT2D eigenvalue weighted by molar-refractivity contribution is -0.137. The molecule has 2 saturated heterocycles. The maximum absolute atomic E-state index is 17.1. The Hall–Kier alpha value is -4.59. The molecule has 4 heterocycles. The van der Waals surface area contributed by atoms with Crippen LogP contribution in [-0.2, 0) is 15.7 Å². The zero-order valence-electron chi connectivity index (χ0n) is 27.5. The SMILES string of the molecule is [C-]#[N+]c1c(N)sc2c(F)ccc(-c3c(C(F)(F)F)cc4c(N(C)C5CCN(C(=O)C=C)[C@@H]5COC)nc(OC[C@@H]5CCCN5C)nc4c3F)c12. The average Bonchev–Trinajstić information content (AvgIpc) is 3.79. The highest BCUT2D eigenvalue weighted by atomic mass is 32.1. The molecule has 1 amide bonds. The van der Waals surface area contributed by atoms with Gasteiger partial charge in [0, 0.05) is 43.1 Å². The van der Waals surface area contributed by atoms with E-state index in [9.17, 15) is 9.18 Å². The van der Waals surface area contributed by atoms with Crippen molar-refractivity contribution in [3.63, 3.8) is 0 Å². The average molecular weight is 716 g/mol. The Bertz CT molecular complexity index is 2030. The number of alkyl halides is 3. The second kappa shape index (κ2) is 13.6. The number of rotatable bonds is 9. The van der Waals surface area contributed by atoms with Gasteiger partial charge in [0.25, 0.3) is 0 Å². The van der Waals surface area contributed by atoms with E-state index in [1.165, 1.54) is 13.2 Å². The summed E-state index contributed by atoms with van der Waals surface area (Å²) < 4.78 is 88.3. The van der Waals surface area contributed by atoms with E-state index < -0.39 is 46.5 Å². The lowest BCUT2D eigenvalue weighted by Crippen LogP contribution is -2.48. The standard InChI is InChI=1S/C34H34F5N7O3S/c1-6-24(47)46-13-11-22(23(46)16-48-5)45(4)32-19-14-20(34(37,38)39)25(18-9-10-21(35)30-26(18)29(41-2)31(40)50-30)27(36)28(19)42-33(43-32)49-15-17-8-7-12-44(17)3/h6,9-10,14,17,22-23H,1,7-8,11-13,15-16,40H2,3-5H3/t17-,22?,23+/m0/s1. The molecule has 0 bridgehead atoms. The normalized spacial score (nSPS) is 19.7. The zero-order valence-corrected chi connectivity index (χ0v) is 28.3. The summed E-state index contributed by atoms with van der Waals surface area (Å²) in [5, 5.41) is -0.593. The highest BCUT2D eigenvalue weighted by Crippen LogP contribution is 2.50. The Balaban J connectivity index is 1.60. The minimum absolute atomic E-state index is 0.0199. The number of likely N-dealkylation sites (tertiary alicyclic amines) is 2. The molecule has 264 valence electrons. The number of carbonyl (C=O) groups is 1. The highest BCUT2D eigenvalue weighted by Gasteiger charge is 2.42. The van der Waals surface area contributed by atoms with Crippen LogP contribution >= 0.6 is 11.3 Å². The van der Waals surface area contributed by atoms with Gasteiger partial charge < -0.3 is 29.9 Å². The van der Waals surface area contributed by atoms with E-state index in [-0.39, 0.29) is 68.7 Å². The minimum atomic E-state index is -5.11. The molecular weight excluding hydrogens is 681 g/mol. The predicted molar refractivity (Wildman–Crippen MR) is 181 cm³/mol. The van der Waals surface area contributed by atoms with Crippen LogP contribution in [0.5, 0.6) is 6.01 Å². The number of hydrogen-bond donors (Lipinski definition) is 1. The van der Waals surface area contributed by atoms with Crippen molar-refractivity contribution in [2.75, 3.05) is 58.1 Å². The molecule has 2 fully saturated rings. The van der Waals surface area contributed by atoms with E-state index >= 15 is 17.6 Å². The van der Waals surface area contributed by atoms with Crippen LogP contribution in [0.1, 0.15) is 24.8 Å². The van der Waals surface area contributed by atoms with Crippen LogP contribution in [0.15, 0.2) is 30.9 Å². The number of amides is 1. The van der Waals surface area contributed by atoms with E-state index in [0.717, 1.165) is 37.6 Å². The number of nitrogens with zero attached hydrogens (tertiary/aromatic N) is 6. The topological polar surface area (TPSA) is 101 Å². The summed E-state index contributed by atoms with van der Waals surface area (Å²) in [4.78, 5) is 30.2. The summed E-state index contributed by atoms with van der Waals surface area (Å²) >= 11 is 0.696. The Kier molecular flexibility index (Phi) is 9.59. The number of methoxy groups -OCH3 is 1. The molecule has 1 unspecified atom stereocenters. The molecule has 0 saturated carbocycles. The van der Waals surface area contributed by atoms with Crippen molar-refractivity contribution in [2.45, 2.75) is 43.6 Å². The van der Waals surface area contributed by atoms with E-state index in [1.807, 2.05) is 7.05 Å². The Labute approximate surface area is 288 Å². The molecule has 10 nitrogen and oxygen atoms in total. The lowest BCUT2D eigenvalue weighted by Gasteiger charge is -2.34. The van der Waals surface area contributed by atoms with Crippen LogP contribution in [0, 0.1) is 18.2 Å². The maximum atomic E-state index is 17.1. The third-order valence-corrected chi connectivity index (χ3v) is 10.6.